The van der Waals surface area contributed by atoms with E-state index in [2.05, 4.69) is 28.2 Å². The van der Waals surface area contributed by atoms with Gasteiger partial charge in [0.05, 0.1) is 12.1 Å². The number of nitrogens with one attached hydrogen (secondary N) is 2. The maximum atomic E-state index is 11.3. The van der Waals surface area contributed by atoms with Gasteiger partial charge in [-0.25, -0.2) is 4.79 Å². The molecule has 0 saturated heterocycles. The molecule has 2 aromatic carbocycles. The van der Waals surface area contributed by atoms with Crippen molar-refractivity contribution in [2.45, 2.75) is 37.6 Å². The van der Waals surface area contributed by atoms with Crippen LogP contribution in [0.4, 0.5) is 0 Å². The monoisotopic (exact) mass is 346 g/mol. The number of hydrogen-bond acceptors (Lipinski definition) is 3. The lowest BCUT2D eigenvalue weighted by molar-refractivity contribution is 0.352. The van der Waals surface area contributed by atoms with Crippen molar-refractivity contribution in [1.82, 2.24) is 10.3 Å². The lowest BCUT2D eigenvalue weighted by Gasteiger charge is -2.29. The van der Waals surface area contributed by atoms with Crippen molar-refractivity contribution in [2.75, 3.05) is 6.54 Å². The predicted octanol–water partition coefficient (Wildman–Crippen LogP) is 3.79. The van der Waals surface area contributed by atoms with Gasteiger partial charge < -0.3 is 9.73 Å². The summed E-state index contributed by atoms with van der Waals surface area (Å²) in [6, 6.07) is 16.7. The summed E-state index contributed by atoms with van der Waals surface area (Å²) >= 11 is 0. The van der Waals surface area contributed by atoms with Crippen LogP contribution in [0.2, 0.25) is 0 Å². The highest BCUT2D eigenvalue weighted by Gasteiger charge is 2.22. The summed E-state index contributed by atoms with van der Waals surface area (Å²) in [6.07, 6.45) is 4.58. The van der Waals surface area contributed by atoms with E-state index in [-0.39, 0.29) is 5.76 Å². The Labute approximate surface area is 152 Å². The fraction of sp³-hybridized carbons (Fsp3) is 0.318. The van der Waals surface area contributed by atoms with E-state index in [0.29, 0.717) is 17.5 Å². The summed E-state index contributed by atoms with van der Waals surface area (Å²) < 4.78 is 5.18. The molecule has 4 rings (SSSR count). The summed E-state index contributed by atoms with van der Waals surface area (Å²) in [7, 11) is 0. The number of hydrogen-bond donors (Lipinski definition) is 2. The van der Waals surface area contributed by atoms with Crippen LogP contribution in [0.25, 0.3) is 11.1 Å². The smallest absolute Gasteiger partial charge is 0.408 e. The van der Waals surface area contributed by atoms with Gasteiger partial charge in [0.25, 0.3) is 0 Å². The largest absolute Gasteiger partial charge is 0.417 e. The first kappa shape index (κ1) is 16.7. The number of benzene rings is 2. The van der Waals surface area contributed by atoms with Gasteiger partial charge in [0.2, 0.25) is 0 Å². The molecule has 1 aliphatic carbocycles. The van der Waals surface area contributed by atoms with Crippen molar-refractivity contribution < 1.29 is 4.42 Å². The fourth-order valence-electron chi connectivity index (χ4n) is 3.71. The summed E-state index contributed by atoms with van der Waals surface area (Å²) in [6.45, 7) is 0.727. The summed E-state index contributed by atoms with van der Waals surface area (Å²) in [5, 5.41) is 3.56. The summed E-state index contributed by atoms with van der Waals surface area (Å²) in [5.74, 6) is 6.54. The molecule has 132 valence electrons. The van der Waals surface area contributed by atoms with Crippen molar-refractivity contribution in [1.29, 1.82) is 0 Å². The van der Waals surface area contributed by atoms with E-state index >= 15 is 0 Å². The molecule has 1 heterocycles. The topological polar surface area (TPSA) is 58.0 Å². The van der Waals surface area contributed by atoms with Gasteiger partial charge in [0.1, 0.15) is 0 Å². The van der Waals surface area contributed by atoms with Crippen molar-refractivity contribution in [3.8, 4) is 11.8 Å². The van der Waals surface area contributed by atoms with Gasteiger partial charge >= 0.3 is 5.76 Å². The lowest BCUT2D eigenvalue weighted by atomic mass is 9.81. The van der Waals surface area contributed by atoms with Crippen molar-refractivity contribution in [3.05, 3.63) is 70.2 Å². The molecule has 0 atom stereocenters. The summed E-state index contributed by atoms with van der Waals surface area (Å²) in [5.41, 5.74) is 3.75. The van der Waals surface area contributed by atoms with Crippen molar-refractivity contribution >= 4 is 11.1 Å². The minimum Gasteiger partial charge on any atom is -0.408 e. The second-order valence-corrected chi connectivity index (χ2v) is 6.87. The molecule has 0 spiro atoms. The predicted molar refractivity (Wildman–Crippen MR) is 103 cm³/mol. The lowest BCUT2D eigenvalue weighted by Crippen LogP contribution is -2.32. The zero-order chi connectivity index (χ0) is 17.8. The number of oxazole rings is 1. The van der Waals surface area contributed by atoms with E-state index in [1.54, 1.807) is 0 Å². The molecule has 4 nitrogen and oxygen atoms in total. The molecular formula is C22H22N2O2. The molecule has 1 fully saturated rings. The third-order valence-corrected chi connectivity index (χ3v) is 5.13. The number of aromatic amines is 1. The molecular weight excluding hydrogens is 324 g/mol. The molecule has 0 bridgehead atoms. The second-order valence-electron chi connectivity index (χ2n) is 6.87. The molecule has 1 saturated carbocycles. The molecule has 0 aliphatic heterocycles. The highest BCUT2D eigenvalue weighted by atomic mass is 16.4. The van der Waals surface area contributed by atoms with Gasteiger partial charge in [-0.15, -0.1) is 0 Å². The first-order chi connectivity index (χ1) is 12.8. The Morgan fingerprint density at radius 3 is 2.69 bits per heavy atom. The molecule has 3 aromatic rings. The molecule has 0 radical (unpaired) electrons. The minimum absolute atomic E-state index is 0.387. The van der Waals surface area contributed by atoms with E-state index in [1.807, 2.05) is 42.5 Å². The van der Waals surface area contributed by atoms with Crippen LogP contribution >= 0.6 is 0 Å². The van der Waals surface area contributed by atoms with Crippen LogP contribution in [0.1, 0.15) is 42.7 Å². The maximum Gasteiger partial charge on any atom is 0.417 e. The number of aromatic nitrogens is 1. The normalized spacial score (nSPS) is 19.8. The van der Waals surface area contributed by atoms with Gasteiger partial charge in [-0.05, 0) is 61.4 Å². The third kappa shape index (κ3) is 3.89. The molecule has 0 amide bonds. The highest BCUT2D eigenvalue weighted by molar-refractivity contribution is 5.72. The van der Waals surface area contributed by atoms with Gasteiger partial charge in [-0.1, -0.05) is 36.1 Å². The Hall–Kier alpha value is -2.77. The number of fused-ring (bicyclic) bond motifs is 1. The highest BCUT2D eigenvalue weighted by Crippen LogP contribution is 2.33. The average molecular weight is 346 g/mol. The van der Waals surface area contributed by atoms with E-state index < -0.39 is 0 Å². The van der Waals surface area contributed by atoms with Crippen LogP contribution in [0.3, 0.4) is 0 Å². The quantitative estimate of drug-likeness (QED) is 0.710. The molecule has 4 heteroatoms. The van der Waals surface area contributed by atoms with E-state index in [4.69, 9.17) is 4.42 Å². The Balaban J connectivity index is 1.29. The summed E-state index contributed by atoms with van der Waals surface area (Å²) in [4.78, 5) is 14.0. The van der Waals surface area contributed by atoms with Gasteiger partial charge in [0, 0.05) is 11.6 Å². The van der Waals surface area contributed by atoms with E-state index in [0.717, 1.165) is 43.3 Å². The molecule has 0 unspecified atom stereocenters. The van der Waals surface area contributed by atoms with Crippen LogP contribution in [-0.4, -0.2) is 17.6 Å². The van der Waals surface area contributed by atoms with Gasteiger partial charge in [-0.3, -0.25) is 4.98 Å². The fourth-order valence-corrected chi connectivity index (χ4v) is 3.71. The zero-order valence-corrected chi connectivity index (χ0v) is 14.6. The number of rotatable bonds is 3. The SMILES string of the molecule is O=c1[nH]c2ccc([C@H]3CC[C@H](NCC#Cc4ccccc4)CC3)cc2o1. The molecule has 1 aliphatic rings. The van der Waals surface area contributed by atoms with E-state index in [9.17, 15) is 4.79 Å². The Kier molecular flexibility index (Phi) is 4.90. The minimum atomic E-state index is -0.387. The Bertz CT molecular complexity index is 983. The first-order valence-corrected chi connectivity index (χ1v) is 9.18. The molecule has 2 N–H and O–H groups in total. The maximum absolute atomic E-state index is 11.3. The van der Waals surface area contributed by atoms with E-state index in [1.165, 1.54) is 5.56 Å². The third-order valence-electron chi connectivity index (χ3n) is 5.13. The van der Waals surface area contributed by atoms with Crippen LogP contribution in [0.5, 0.6) is 0 Å². The zero-order valence-electron chi connectivity index (χ0n) is 14.6. The molecule has 1 aromatic heterocycles. The Morgan fingerprint density at radius 1 is 1.08 bits per heavy atom. The van der Waals surface area contributed by atoms with Crippen LogP contribution < -0.4 is 11.1 Å². The standard InChI is InChI=1S/C22H22N2O2/c25-22-24-20-13-10-18(15-21(20)26-22)17-8-11-19(12-9-17)23-14-4-7-16-5-2-1-3-6-16/h1-3,5-6,10,13,15,17,19,23H,8-9,11-12,14H2,(H,24,25)/t17-,19-. The molecule has 26 heavy (non-hydrogen) atoms. The van der Waals surface area contributed by atoms with Crippen LogP contribution in [-0.2, 0) is 0 Å². The first-order valence-electron chi connectivity index (χ1n) is 9.18. The second kappa shape index (κ2) is 7.63. The van der Waals surface area contributed by atoms with Gasteiger partial charge in [-0.2, -0.15) is 0 Å². The number of H-pyrrole nitrogens is 1. The van der Waals surface area contributed by atoms with Crippen LogP contribution in [0.15, 0.2) is 57.7 Å². The van der Waals surface area contributed by atoms with Crippen molar-refractivity contribution in [2.24, 2.45) is 0 Å². The van der Waals surface area contributed by atoms with Crippen molar-refractivity contribution in [3.63, 3.8) is 0 Å². The Morgan fingerprint density at radius 2 is 1.88 bits per heavy atom. The van der Waals surface area contributed by atoms with Gasteiger partial charge in [0.15, 0.2) is 5.58 Å². The van der Waals surface area contributed by atoms with Crippen LogP contribution in [0, 0.1) is 11.8 Å². The average Bonchev–Trinajstić information content (AvgIpc) is 3.06.